The molecule has 0 fully saturated rings. The lowest BCUT2D eigenvalue weighted by atomic mass is 10.0. The van der Waals surface area contributed by atoms with Gasteiger partial charge in [-0.25, -0.2) is 12.8 Å². The Labute approximate surface area is 284 Å². The minimum atomic E-state index is -3.93. The van der Waals surface area contributed by atoms with Crippen LogP contribution in [0.2, 0.25) is 0 Å². The van der Waals surface area contributed by atoms with Crippen molar-refractivity contribution in [1.82, 2.24) is 9.21 Å². The second-order valence-electron chi connectivity index (χ2n) is 12.5. The van der Waals surface area contributed by atoms with Crippen LogP contribution >= 0.6 is 0 Å². The second kappa shape index (κ2) is 17.1. The number of anilines is 1. The van der Waals surface area contributed by atoms with Crippen LogP contribution in [0.3, 0.4) is 0 Å². The number of likely N-dealkylation sites (N-methyl/N-ethyl adjacent to an activating group) is 1. The number of amides is 1. The van der Waals surface area contributed by atoms with Gasteiger partial charge in [-0.3, -0.25) is 4.79 Å². The van der Waals surface area contributed by atoms with Crippen LogP contribution in [0.25, 0.3) is 0 Å². The Balaban J connectivity index is 1.61. The van der Waals surface area contributed by atoms with E-state index in [1.807, 2.05) is 45.0 Å². The molecular formula is C36H48FN3O7S. The number of hydrogen-bond acceptors (Lipinski definition) is 8. The minimum absolute atomic E-state index is 0.0115. The van der Waals surface area contributed by atoms with E-state index in [1.54, 1.807) is 30.2 Å². The van der Waals surface area contributed by atoms with Gasteiger partial charge in [-0.2, -0.15) is 4.31 Å². The summed E-state index contributed by atoms with van der Waals surface area (Å²) in [5, 5.41) is 0. The Bertz CT molecular complexity index is 1590. The third-order valence-corrected chi connectivity index (χ3v) is 10.4. The van der Waals surface area contributed by atoms with Gasteiger partial charge in [0, 0.05) is 38.3 Å². The number of benzene rings is 3. The van der Waals surface area contributed by atoms with Crippen LogP contribution in [0.5, 0.6) is 11.5 Å². The number of sulfonamides is 1. The SMILES string of the molecule is COc1ccc(COCC(C)N2CC(C)C(CN(C)S(=O)(=O)c3ccc(F)cc3)OCCCCC(C)Oc3ccc(N)cc3C2=O)cc1. The van der Waals surface area contributed by atoms with Crippen molar-refractivity contribution < 1.29 is 36.6 Å². The third kappa shape index (κ3) is 9.91. The monoisotopic (exact) mass is 685 g/mol. The summed E-state index contributed by atoms with van der Waals surface area (Å²) in [6.45, 7) is 7.09. The zero-order chi connectivity index (χ0) is 34.8. The van der Waals surface area contributed by atoms with Crippen molar-refractivity contribution in [2.75, 3.05) is 46.2 Å². The zero-order valence-electron chi connectivity index (χ0n) is 28.4. The lowest BCUT2D eigenvalue weighted by Crippen LogP contribution is -2.48. The lowest BCUT2D eigenvalue weighted by molar-refractivity contribution is -0.0120. The Morgan fingerprint density at radius 1 is 1.06 bits per heavy atom. The number of methoxy groups -OCH3 is 1. The maximum Gasteiger partial charge on any atom is 0.258 e. The molecule has 0 bridgehead atoms. The Hall–Kier alpha value is -3.71. The second-order valence-corrected chi connectivity index (χ2v) is 14.5. The van der Waals surface area contributed by atoms with E-state index in [0.717, 1.165) is 42.7 Å². The van der Waals surface area contributed by atoms with E-state index in [0.29, 0.717) is 30.2 Å². The molecule has 4 rings (SSSR count). The number of hydrogen-bond donors (Lipinski definition) is 1. The highest BCUT2D eigenvalue weighted by molar-refractivity contribution is 7.89. The molecule has 1 aliphatic heterocycles. The number of carbonyl (C=O) groups excluding carboxylic acids is 1. The summed E-state index contributed by atoms with van der Waals surface area (Å²) >= 11 is 0. The summed E-state index contributed by atoms with van der Waals surface area (Å²) in [6.07, 6.45) is 1.59. The number of carbonyl (C=O) groups is 1. The molecule has 1 heterocycles. The van der Waals surface area contributed by atoms with Crippen molar-refractivity contribution in [3.05, 3.63) is 83.7 Å². The van der Waals surface area contributed by atoms with Gasteiger partial charge >= 0.3 is 0 Å². The number of nitrogens with zero attached hydrogens (tertiary/aromatic N) is 2. The van der Waals surface area contributed by atoms with E-state index in [-0.39, 0.29) is 48.6 Å². The normalized spacial score (nSPS) is 20.4. The molecule has 3 aromatic rings. The molecule has 0 spiro atoms. The van der Waals surface area contributed by atoms with Gasteiger partial charge in [-0.1, -0.05) is 19.1 Å². The van der Waals surface area contributed by atoms with Crippen LogP contribution in [0.15, 0.2) is 71.6 Å². The van der Waals surface area contributed by atoms with Crippen LogP contribution in [0.1, 0.15) is 56.0 Å². The molecule has 0 aromatic heterocycles. The average molecular weight is 686 g/mol. The molecule has 10 nitrogen and oxygen atoms in total. The van der Waals surface area contributed by atoms with Crippen LogP contribution in [0, 0.1) is 11.7 Å². The largest absolute Gasteiger partial charge is 0.497 e. The first-order valence-corrected chi connectivity index (χ1v) is 17.7. The molecule has 48 heavy (non-hydrogen) atoms. The Kier molecular flexibility index (Phi) is 13.2. The summed E-state index contributed by atoms with van der Waals surface area (Å²) in [7, 11) is -0.832. The molecule has 1 aliphatic rings. The lowest BCUT2D eigenvalue weighted by Gasteiger charge is -2.36. The highest BCUT2D eigenvalue weighted by Crippen LogP contribution is 2.28. The van der Waals surface area contributed by atoms with Gasteiger partial charge < -0.3 is 29.6 Å². The molecular weight excluding hydrogens is 637 g/mol. The molecule has 4 unspecified atom stereocenters. The van der Waals surface area contributed by atoms with Crippen LogP contribution in [-0.4, -0.2) is 82.2 Å². The maximum atomic E-state index is 14.4. The van der Waals surface area contributed by atoms with Crippen molar-refractivity contribution in [1.29, 1.82) is 0 Å². The Morgan fingerprint density at radius 2 is 1.77 bits per heavy atom. The van der Waals surface area contributed by atoms with E-state index < -0.39 is 21.9 Å². The summed E-state index contributed by atoms with van der Waals surface area (Å²) in [6, 6.07) is 17.0. The fourth-order valence-corrected chi connectivity index (χ4v) is 6.78. The highest BCUT2D eigenvalue weighted by Gasteiger charge is 2.32. The quantitative estimate of drug-likeness (QED) is 0.268. The van der Waals surface area contributed by atoms with Crippen molar-refractivity contribution >= 4 is 21.6 Å². The van der Waals surface area contributed by atoms with Gasteiger partial charge in [-0.15, -0.1) is 0 Å². The molecule has 262 valence electrons. The number of rotatable bonds is 10. The van der Waals surface area contributed by atoms with Gasteiger partial charge in [0.05, 0.1) is 49.0 Å². The van der Waals surface area contributed by atoms with Crippen LogP contribution < -0.4 is 15.2 Å². The van der Waals surface area contributed by atoms with Crippen LogP contribution in [-0.2, 0) is 26.1 Å². The molecule has 2 N–H and O–H groups in total. The van der Waals surface area contributed by atoms with Crippen molar-refractivity contribution in [2.45, 2.75) is 69.8 Å². The topological polar surface area (TPSA) is 121 Å². The van der Waals surface area contributed by atoms with E-state index in [1.165, 1.54) is 23.5 Å². The number of nitrogen functional groups attached to an aromatic ring is 1. The smallest absolute Gasteiger partial charge is 0.258 e. The van der Waals surface area contributed by atoms with Gasteiger partial charge in [0.1, 0.15) is 17.3 Å². The number of ether oxygens (including phenoxy) is 4. The molecule has 3 aromatic carbocycles. The van der Waals surface area contributed by atoms with Crippen LogP contribution in [0.4, 0.5) is 10.1 Å². The van der Waals surface area contributed by atoms with Gasteiger partial charge in [0.25, 0.3) is 5.91 Å². The maximum absolute atomic E-state index is 14.4. The summed E-state index contributed by atoms with van der Waals surface area (Å²) < 4.78 is 65.6. The summed E-state index contributed by atoms with van der Waals surface area (Å²) in [4.78, 5) is 16.1. The standard InChI is InChI=1S/C36H48FN3O7S/c1-25-21-40(26(2)23-45-24-28-9-14-31(44-5)15-10-28)36(41)33-20-30(38)13-18-34(33)47-27(3)8-6-7-19-46-35(25)22-39(4)48(42,43)32-16-11-29(37)12-17-32/h9-18,20,25-27,35H,6-8,19,21-24,38H2,1-5H3. The van der Waals surface area contributed by atoms with Gasteiger partial charge in [0.2, 0.25) is 10.0 Å². The minimum Gasteiger partial charge on any atom is -0.497 e. The molecule has 12 heteroatoms. The van der Waals surface area contributed by atoms with E-state index >= 15 is 0 Å². The van der Waals surface area contributed by atoms with E-state index in [9.17, 15) is 17.6 Å². The zero-order valence-corrected chi connectivity index (χ0v) is 29.2. The summed E-state index contributed by atoms with van der Waals surface area (Å²) in [5.74, 6) is 0.117. The molecule has 4 atom stereocenters. The van der Waals surface area contributed by atoms with E-state index in [4.69, 9.17) is 24.7 Å². The summed E-state index contributed by atoms with van der Waals surface area (Å²) in [5.41, 5.74) is 7.91. The molecule has 0 saturated carbocycles. The van der Waals surface area contributed by atoms with Crippen molar-refractivity contribution in [2.24, 2.45) is 5.92 Å². The fourth-order valence-electron chi connectivity index (χ4n) is 5.60. The van der Waals surface area contributed by atoms with Gasteiger partial charge in [-0.05, 0) is 93.3 Å². The number of fused-ring (bicyclic) bond motifs is 1. The third-order valence-electron chi connectivity index (χ3n) is 8.56. The van der Waals surface area contributed by atoms with Crippen molar-refractivity contribution in [3.63, 3.8) is 0 Å². The first-order chi connectivity index (χ1) is 22.9. The molecule has 0 saturated heterocycles. The molecule has 0 radical (unpaired) electrons. The Morgan fingerprint density at radius 3 is 2.46 bits per heavy atom. The fraction of sp³-hybridized carbons (Fsp3) is 0.472. The first kappa shape index (κ1) is 37.1. The van der Waals surface area contributed by atoms with E-state index in [2.05, 4.69) is 0 Å². The molecule has 1 amide bonds. The predicted octanol–water partition coefficient (Wildman–Crippen LogP) is 5.76. The average Bonchev–Trinajstić information content (AvgIpc) is 3.06. The number of halogens is 1. The number of nitrogens with two attached hydrogens (primary N) is 1. The van der Waals surface area contributed by atoms with Gasteiger partial charge in [0.15, 0.2) is 0 Å². The first-order valence-electron chi connectivity index (χ1n) is 16.3. The van der Waals surface area contributed by atoms with Crippen molar-refractivity contribution in [3.8, 4) is 11.5 Å². The predicted molar refractivity (Wildman–Crippen MR) is 183 cm³/mol. The highest BCUT2D eigenvalue weighted by atomic mass is 32.2. The molecule has 0 aliphatic carbocycles.